The molecule has 0 unspecified atom stereocenters. The van der Waals surface area contributed by atoms with Gasteiger partial charge in [0.05, 0.1) is 6.10 Å². The average molecular weight is 615 g/mol. The summed E-state index contributed by atoms with van der Waals surface area (Å²) in [4.78, 5) is 0. The first-order chi connectivity index (χ1) is 21.8. The van der Waals surface area contributed by atoms with Gasteiger partial charge >= 0.3 is 0 Å². The Labute approximate surface area is 274 Å². The van der Waals surface area contributed by atoms with E-state index in [2.05, 4.69) is 73.3 Å². The maximum absolute atomic E-state index is 9.17. The Morgan fingerprint density at radius 2 is 0.955 bits per heavy atom. The standard InChI is InChI=1S/C40H74N2O2/c1-3-5-7-9-11-13-15-17-19-21-23-25-27-29-31-33-35-40(41-37-39(44-40)38-42-43)36-34-32-30-28-26-24-22-20-18-16-14-12-10-8-6-4-2/h11-14,17-20,39,41-43H,3-10,15-16,21-38H2,1-2H3/b13-11-,14-12-,19-17-,20-18-/t39-/m1/s1. The second kappa shape index (κ2) is 31.8. The summed E-state index contributed by atoms with van der Waals surface area (Å²) in [6.45, 7) is 5.86. The summed E-state index contributed by atoms with van der Waals surface area (Å²) in [5, 5.41) is 12.9. The molecule has 1 heterocycles. The zero-order valence-corrected chi connectivity index (χ0v) is 29.4. The van der Waals surface area contributed by atoms with Crippen LogP contribution in [0.2, 0.25) is 0 Å². The lowest BCUT2D eigenvalue weighted by molar-refractivity contribution is -0.0708. The third kappa shape index (κ3) is 25.0. The van der Waals surface area contributed by atoms with Crippen LogP contribution in [0.1, 0.15) is 181 Å². The quantitative estimate of drug-likeness (QED) is 0.0401. The first-order valence-corrected chi connectivity index (χ1v) is 19.2. The van der Waals surface area contributed by atoms with E-state index in [4.69, 9.17) is 4.74 Å². The Kier molecular flexibility index (Phi) is 29.5. The van der Waals surface area contributed by atoms with E-state index in [1.54, 1.807) is 0 Å². The van der Waals surface area contributed by atoms with Gasteiger partial charge in [-0.15, -0.1) is 0 Å². The summed E-state index contributed by atoms with van der Waals surface area (Å²) in [7, 11) is 0. The van der Waals surface area contributed by atoms with Crippen LogP contribution in [0.4, 0.5) is 0 Å². The lowest BCUT2D eigenvalue weighted by atomic mass is 9.96. The molecule has 0 radical (unpaired) electrons. The fraction of sp³-hybridized carbons (Fsp3) is 0.800. The van der Waals surface area contributed by atoms with Gasteiger partial charge in [0.1, 0.15) is 5.72 Å². The molecule has 0 bridgehead atoms. The summed E-state index contributed by atoms with van der Waals surface area (Å²) in [6.07, 6.45) is 51.7. The van der Waals surface area contributed by atoms with Crippen molar-refractivity contribution in [2.45, 2.75) is 193 Å². The van der Waals surface area contributed by atoms with Crippen molar-refractivity contribution in [1.29, 1.82) is 0 Å². The fourth-order valence-corrected chi connectivity index (χ4v) is 6.14. The highest BCUT2D eigenvalue weighted by Crippen LogP contribution is 2.30. The average Bonchev–Trinajstić information content (AvgIpc) is 3.43. The third-order valence-corrected chi connectivity index (χ3v) is 8.93. The number of hydroxylamine groups is 1. The molecule has 256 valence electrons. The van der Waals surface area contributed by atoms with E-state index in [1.165, 1.54) is 141 Å². The largest absolute Gasteiger partial charge is 0.355 e. The minimum Gasteiger partial charge on any atom is -0.355 e. The summed E-state index contributed by atoms with van der Waals surface area (Å²) in [6, 6.07) is 0. The first-order valence-electron chi connectivity index (χ1n) is 19.2. The number of ether oxygens (including phenoxy) is 1. The maximum atomic E-state index is 9.17. The molecule has 0 aromatic carbocycles. The molecule has 1 atom stereocenters. The Balaban J connectivity index is 2.08. The van der Waals surface area contributed by atoms with E-state index < -0.39 is 0 Å². The van der Waals surface area contributed by atoms with Gasteiger partial charge in [-0.25, -0.2) is 5.48 Å². The van der Waals surface area contributed by atoms with Gasteiger partial charge in [0.15, 0.2) is 0 Å². The van der Waals surface area contributed by atoms with Crippen LogP contribution in [0.5, 0.6) is 0 Å². The van der Waals surface area contributed by atoms with E-state index in [0.717, 1.165) is 32.2 Å². The molecule has 1 aliphatic rings. The Morgan fingerprint density at radius 3 is 1.36 bits per heavy atom. The lowest BCUT2D eigenvalue weighted by Gasteiger charge is -2.30. The first kappa shape index (κ1) is 40.8. The van der Waals surface area contributed by atoms with Gasteiger partial charge in [-0.3, -0.25) is 5.32 Å². The summed E-state index contributed by atoms with van der Waals surface area (Å²) in [5.74, 6) is 0. The molecule has 0 aliphatic carbocycles. The van der Waals surface area contributed by atoms with Gasteiger partial charge in [0, 0.05) is 13.1 Å². The van der Waals surface area contributed by atoms with Crippen molar-refractivity contribution in [3.8, 4) is 0 Å². The van der Waals surface area contributed by atoms with Crippen LogP contribution in [0.3, 0.4) is 0 Å². The highest BCUT2D eigenvalue weighted by molar-refractivity contribution is 4.93. The molecule has 44 heavy (non-hydrogen) atoms. The zero-order chi connectivity index (χ0) is 31.7. The van der Waals surface area contributed by atoms with Crippen molar-refractivity contribution in [3.63, 3.8) is 0 Å². The monoisotopic (exact) mass is 615 g/mol. The van der Waals surface area contributed by atoms with Crippen LogP contribution in [-0.4, -0.2) is 30.1 Å². The van der Waals surface area contributed by atoms with Gasteiger partial charge < -0.3 is 9.94 Å². The Bertz CT molecular complexity index is 666. The predicted octanol–water partition coefficient (Wildman–Crippen LogP) is 12.1. The second-order valence-corrected chi connectivity index (χ2v) is 13.1. The van der Waals surface area contributed by atoms with E-state index in [-0.39, 0.29) is 11.8 Å². The van der Waals surface area contributed by atoms with Crippen molar-refractivity contribution in [3.05, 3.63) is 48.6 Å². The van der Waals surface area contributed by atoms with Gasteiger partial charge in [0.25, 0.3) is 0 Å². The van der Waals surface area contributed by atoms with Crippen molar-refractivity contribution in [1.82, 2.24) is 10.8 Å². The van der Waals surface area contributed by atoms with Crippen molar-refractivity contribution >= 4 is 0 Å². The molecule has 0 spiro atoms. The Hall–Kier alpha value is -1.20. The smallest absolute Gasteiger partial charge is 0.119 e. The fourth-order valence-electron chi connectivity index (χ4n) is 6.14. The van der Waals surface area contributed by atoms with Crippen LogP contribution in [0.15, 0.2) is 48.6 Å². The molecule has 0 amide bonds. The van der Waals surface area contributed by atoms with Gasteiger partial charge in [0.2, 0.25) is 0 Å². The lowest BCUT2D eigenvalue weighted by Crippen LogP contribution is -2.41. The second-order valence-electron chi connectivity index (χ2n) is 13.1. The minimum atomic E-state index is -0.188. The number of unbranched alkanes of at least 4 members (excludes halogenated alkanes) is 18. The van der Waals surface area contributed by atoms with Crippen molar-refractivity contribution in [2.75, 3.05) is 13.1 Å². The SMILES string of the molecule is CCCCC/C=C\C/C=C\CCCCCCCCC1(CCCCCCCC/C=C\C/C=C\CCCCC)NC[C@H](CNO)O1. The summed E-state index contributed by atoms with van der Waals surface area (Å²) >= 11 is 0. The molecular weight excluding hydrogens is 540 g/mol. The molecule has 1 rings (SSSR count). The summed E-state index contributed by atoms with van der Waals surface area (Å²) in [5.41, 5.74) is 2.13. The van der Waals surface area contributed by atoms with Crippen LogP contribution in [0.25, 0.3) is 0 Å². The predicted molar refractivity (Wildman–Crippen MR) is 193 cm³/mol. The van der Waals surface area contributed by atoms with Crippen LogP contribution >= 0.6 is 0 Å². The van der Waals surface area contributed by atoms with Crippen molar-refractivity contribution < 1.29 is 9.94 Å². The highest BCUT2D eigenvalue weighted by Gasteiger charge is 2.38. The topological polar surface area (TPSA) is 53.5 Å². The molecule has 3 N–H and O–H groups in total. The number of allylic oxidation sites excluding steroid dienone is 8. The van der Waals surface area contributed by atoms with Crippen LogP contribution < -0.4 is 10.8 Å². The molecule has 0 saturated carbocycles. The molecule has 0 aromatic rings. The normalized spacial score (nSPS) is 17.0. The minimum absolute atomic E-state index is 0.0641. The van der Waals surface area contributed by atoms with Gasteiger partial charge in [-0.2, -0.15) is 0 Å². The van der Waals surface area contributed by atoms with Crippen LogP contribution in [-0.2, 0) is 4.74 Å². The third-order valence-electron chi connectivity index (χ3n) is 8.93. The molecule has 4 nitrogen and oxygen atoms in total. The van der Waals surface area contributed by atoms with Crippen molar-refractivity contribution in [2.24, 2.45) is 0 Å². The molecule has 1 aliphatic heterocycles. The molecule has 4 heteroatoms. The van der Waals surface area contributed by atoms with E-state index in [1.807, 2.05) is 0 Å². The molecule has 0 aromatic heterocycles. The number of rotatable bonds is 32. The molecular formula is C40H74N2O2. The van der Waals surface area contributed by atoms with Gasteiger partial charge in [-0.05, 0) is 89.9 Å². The Morgan fingerprint density at radius 1 is 0.568 bits per heavy atom. The number of hydrogen-bond acceptors (Lipinski definition) is 4. The van der Waals surface area contributed by atoms with E-state index >= 15 is 0 Å². The maximum Gasteiger partial charge on any atom is 0.119 e. The molecule has 1 saturated heterocycles. The van der Waals surface area contributed by atoms with E-state index in [9.17, 15) is 5.21 Å². The van der Waals surface area contributed by atoms with Crippen LogP contribution in [0, 0.1) is 0 Å². The summed E-state index contributed by atoms with van der Waals surface area (Å²) < 4.78 is 6.48. The number of hydrogen-bond donors (Lipinski definition) is 3. The zero-order valence-electron chi connectivity index (χ0n) is 29.4. The van der Waals surface area contributed by atoms with Gasteiger partial charge in [-0.1, -0.05) is 140 Å². The highest BCUT2D eigenvalue weighted by atomic mass is 16.5. The molecule has 1 fully saturated rings. The van der Waals surface area contributed by atoms with E-state index in [0.29, 0.717) is 6.54 Å². The number of nitrogens with one attached hydrogen (secondary N) is 2.